The summed E-state index contributed by atoms with van der Waals surface area (Å²) in [7, 11) is -2.63. The number of H-pyrrole nitrogens is 1. The van der Waals surface area contributed by atoms with Crippen LogP contribution in [0.3, 0.4) is 0 Å². The highest BCUT2D eigenvalue weighted by Crippen LogP contribution is 2.30. The first-order valence-corrected chi connectivity index (χ1v) is 11.2. The maximum absolute atomic E-state index is 13.2. The van der Waals surface area contributed by atoms with E-state index in [1.54, 1.807) is 12.1 Å². The van der Waals surface area contributed by atoms with Gasteiger partial charge in [0.15, 0.2) is 0 Å². The first-order chi connectivity index (χ1) is 15.9. The summed E-state index contributed by atoms with van der Waals surface area (Å²) in [6.45, 7) is 0. The number of carbonyl (C=O) groups is 1. The first-order valence-electron chi connectivity index (χ1n) is 9.74. The number of sulfonamides is 1. The standard InChI is InChI=1S/C23H19FN4O4S/c1-32-22-12-9-17(13-20(22)28-33(30,31)18-10-7-16(24)8-11-18)25-23(29)21-14-19(26-27-21)15-5-3-2-4-6-15/h2-14,28H,1H3,(H,25,29)(H,26,27). The van der Waals surface area contributed by atoms with Crippen LogP contribution in [0.2, 0.25) is 0 Å². The summed E-state index contributed by atoms with van der Waals surface area (Å²) in [5.41, 5.74) is 2.14. The number of nitrogens with zero attached hydrogens (tertiary/aromatic N) is 1. The summed E-state index contributed by atoms with van der Waals surface area (Å²) in [5.74, 6) is -0.765. The molecule has 3 aromatic carbocycles. The fourth-order valence-electron chi connectivity index (χ4n) is 3.08. The molecule has 4 aromatic rings. The van der Waals surface area contributed by atoms with Crippen LogP contribution >= 0.6 is 0 Å². The summed E-state index contributed by atoms with van der Waals surface area (Å²) in [5, 5.41) is 9.55. The smallest absolute Gasteiger partial charge is 0.273 e. The molecule has 1 aromatic heterocycles. The zero-order valence-electron chi connectivity index (χ0n) is 17.4. The van der Waals surface area contributed by atoms with Gasteiger partial charge in [0.05, 0.1) is 23.4 Å². The van der Waals surface area contributed by atoms with Gasteiger partial charge >= 0.3 is 0 Å². The van der Waals surface area contributed by atoms with Gasteiger partial charge in [-0.3, -0.25) is 14.6 Å². The van der Waals surface area contributed by atoms with Gasteiger partial charge in [-0.05, 0) is 48.5 Å². The molecule has 8 nitrogen and oxygen atoms in total. The largest absolute Gasteiger partial charge is 0.495 e. The number of hydrogen-bond donors (Lipinski definition) is 3. The minimum absolute atomic E-state index is 0.106. The zero-order chi connectivity index (χ0) is 23.4. The molecule has 0 aliphatic heterocycles. The maximum atomic E-state index is 13.2. The molecular weight excluding hydrogens is 447 g/mol. The molecule has 0 saturated carbocycles. The van der Waals surface area contributed by atoms with Crippen LogP contribution in [0.5, 0.6) is 5.75 Å². The van der Waals surface area contributed by atoms with Crippen LogP contribution in [0, 0.1) is 5.82 Å². The Hall–Kier alpha value is -4.18. The summed E-state index contributed by atoms with van der Waals surface area (Å²) >= 11 is 0. The Kier molecular flexibility index (Phi) is 6.09. The number of ether oxygens (including phenoxy) is 1. The maximum Gasteiger partial charge on any atom is 0.273 e. The SMILES string of the molecule is COc1ccc(NC(=O)c2cc(-c3ccccc3)n[nH]2)cc1NS(=O)(=O)c1ccc(F)cc1. The lowest BCUT2D eigenvalue weighted by Crippen LogP contribution is -2.15. The quantitative estimate of drug-likeness (QED) is 0.376. The molecule has 1 heterocycles. The van der Waals surface area contributed by atoms with Crippen molar-refractivity contribution in [1.82, 2.24) is 10.2 Å². The van der Waals surface area contributed by atoms with Crippen LogP contribution in [0.1, 0.15) is 10.5 Å². The van der Waals surface area contributed by atoms with E-state index in [0.717, 1.165) is 29.8 Å². The molecule has 0 fully saturated rings. The highest BCUT2D eigenvalue weighted by Gasteiger charge is 2.18. The molecule has 0 aliphatic rings. The third-order valence-electron chi connectivity index (χ3n) is 4.72. The number of benzene rings is 3. The van der Waals surface area contributed by atoms with Gasteiger partial charge in [-0.2, -0.15) is 5.10 Å². The minimum atomic E-state index is -4.01. The normalized spacial score (nSPS) is 11.1. The van der Waals surface area contributed by atoms with Crippen molar-refractivity contribution in [2.45, 2.75) is 4.90 Å². The fraction of sp³-hybridized carbons (Fsp3) is 0.0435. The molecule has 0 unspecified atom stereocenters. The Morgan fingerprint density at radius 3 is 2.42 bits per heavy atom. The number of aromatic nitrogens is 2. The van der Waals surface area contributed by atoms with E-state index in [1.165, 1.54) is 19.2 Å². The Balaban J connectivity index is 1.55. The molecule has 1 amide bonds. The van der Waals surface area contributed by atoms with Crippen molar-refractivity contribution in [3.05, 3.63) is 90.4 Å². The van der Waals surface area contributed by atoms with Crippen molar-refractivity contribution in [2.24, 2.45) is 0 Å². The molecule has 0 aliphatic carbocycles. The highest BCUT2D eigenvalue weighted by molar-refractivity contribution is 7.92. The number of nitrogens with one attached hydrogen (secondary N) is 3. The molecular formula is C23H19FN4O4S. The molecule has 0 atom stereocenters. The van der Waals surface area contributed by atoms with Crippen molar-refractivity contribution in [2.75, 3.05) is 17.1 Å². The summed E-state index contributed by atoms with van der Waals surface area (Å²) < 4.78 is 46.2. The van der Waals surface area contributed by atoms with Crippen molar-refractivity contribution in [3.8, 4) is 17.0 Å². The summed E-state index contributed by atoms with van der Waals surface area (Å²) in [4.78, 5) is 12.6. The molecule has 10 heteroatoms. The molecule has 0 saturated heterocycles. The van der Waals surface area contributed by atoms with Gasteiger partial charge in [0.25, 0.3) is 15.9 Å². The van der Waals surface area contributed by atoms with Crippen LogP contribution in [0.25, 0.3) is 11.3 Å². The van der Waals surface area contributed by atoms with E-state index >= 15 is 0 Å². The number of rotatable bonds is 7. The molecule has 168 valence electrons. The Labute approximate surface area is 189 Å². The van der Waals surface area contributed by atoms with Crippen LogP contribution in [-0.2, 0) is 10.0 Å². The van der Waals surface area contributed by atoms with Gasteiger partial charge < -0.3 is 10.1 Å². The third-order valence-corrected chi connectivity index (χ3v) is 6.10. The van der Waals surface area contributed by atoms with E-state index in [0.29, 0.717) is 11.4 Å². The number of aromatic amines is 1. The van der Waals surface area contributed by atoms with E-state index in [-0.39, 0.29) is 22.0 Å². The molecule has 4 rings (SSSR count). The van der Waals surface area contributed by atoms with E-state index in [4.69, 9.17) is 4.74 Å². The second-order valence-electron chi connectivity index (χ2n) is 6.96. The lowest BCUT2D eigenvalue weighted by Gasteiger charge is -2.14. The summed E-state index contributed by atoms with van der Waals surface area (Å²) in [6, 6.07) is 19.9. The van der Waals surface area contributed by atoms with E-state index in [1.807, 2.05) is 30.3 Å². The van der Waals surface area contributed by atoms with Gasteiger partial charge in [-0.25, -0.2) is 12.8 Å². The number of anilines is 2. The number of carbonyl (C=O) groups excluding carboxylic acids is 1. The van der Waals surface area contributed by atoms with E-state index in [2.05, 4.69) is 20.2 Å². The number of methoxy groups -OCH3 is 1. The van der Waals surface area contributed by atoms with Crippen LogP contribution in [0.15, 0.2) is 83.8 Å². The second-order valence-corrected chi connectivity index (χ2v) is 8.64. The molecule has 0 spiro atoms. The molecule has 0 radical (unpaired) electrons. The Bertz CT molecular complexity index is 1390. The minimum Gasteiger partial charge on any atom is -0.495 e. The average Bonchev–Trinajstić information content (AvgIpc) is 3.31. The Morgan fingerprint density at radius 2 is 1.73 bits per heavy atom. The highest BCUT2D eigenvalue weighted by atomic mass is 32.2. The lowest BCUT2D eigenvalue weighted by molar-refractivity contribution is 0.102. The van der Waals surface area contributed by atoms with E-state index in [9.17, 15) is 17.6 Å². The van der Waals surface area contributed by atoms with Gasteiger partial charge in [-0.15, -0.1) is 0 Å². The topological polar surface area (TPSA) is 113 Å². The van der Waals surface area contributed by atoms with Gasteiger partial charge in [0, 0.05) is 11.3 Å². The zero-order valence-corrected chi connectivity index (χ0v) is 18.2. The van der Waals surface area contributed by atoms with E-state index < -0.39 is 21.7 Å². The third kappa shape index (κ3) is 5.01. The van der Waals surface area contributed by atoms with Crippen LogP contribution in [-0.4, -0.2) is 31.6 Å². The predicted octanol–water partition coefficient (Wildman–Crippen LogP) is 4.28. The van der Waals surface area contributed by atoms with Crippen molar-refractivity contribution in [3.63, 3.8) is 0 Å². The van der Waals surface area contributed by atoms with Crippen molar-refractivity contribution in [1.29, 1.82) is 0 Å². The average molecular weight is 466 g/mol. The first kappa shape index (κ1) is 22.0. The number of hydrogen-bond acceptors (Lipinski definition) is 5. The fourth-order valence-corrected chi connectivity index (χ4v) is 4.14. The Morgan fingerprint density at radius 1 is 1.00 bits per heavy atom. The number of halogens is 1. The second kappa shape index (κ2) is 9.13. The van der Waals surface area contributed by atoms with Gasteiger partial charge in [0.2, 0.25) is 0 Å². The summed E-state index contributed by atoms with van der Waals surface area (Å²) in [6.07, 6.45) is 0. The van der Waals surface area contributed by atoms with Crippen molar-refractivity contribution < 1.29 is 22.3 Å². The monoisotopic (exact) mass is 466 g/mol. The van der Waals surface area contributed by atoms with Gasteiger partial charge in [0.1, 0.15) is 17.3 Å². The number of amides is 1. The molecule has 33 heavy (non-hydrogen) atoms. The lowest BCUT2D eigenvalue weighted by atomic mass is 10.1. The molecule has 0 bridgehead atoms. The molecule has 3 N–H and O–H groups in total. The van der Waals surface area contributed by atoms with Crippen LogP contribution < -0.4 is 14.8 Å². The van der Waals surface area contributed by atoms with Gasteiger partial charge in [-0.1, -0.05) is 30.3 Å². The van der Waals surface area contributed by atoms with Crippen LogP contribution in [0.4, 0.5) is 15.8 Å². The predicted molar refractivity (Wildman–Crippen MR) is 122 cm³/mol. The van der Waals surface area contributed by atoms with Crippen molar-refractivity contribution >= 4 is 27.3 Å².